The highest BCUT2D eigenvalue weighted by molar-refractivity contribution is 5.24. The van der Waals surface area contributed by atoms with Crippen molar-refractivity contribution >= 4 is 5.82 Å². The van der Waals surface area contributed by atoms with Crippen molar-refractivity contribution in [3.63, 3.8) is 0 Å². The van der Waals surface area contributed by atoms with E-state index in [2.05, 4.69) is 4.98 Å². The molecule has 0 saturated heterocycles. The van der Waals surface area contributed by atoms with Crippen LogP contribution in [0.2, 0.25) is 0 Å². The van der Waals surface area contributed by atoms with Crippen molar-refractivity contribution < 1.29 is 14.1 Å². The van der Waals surface area contributed by atoms with Gasteiger partial charge in [-0.1, -0.05) is 30.3 Å². The van der Waals surface area contributed by atoms with E-state index in [1.807, 2.05) is 36.4 Å². The van der Waals surface area contributed by atoms with Gasteiger partial charge in [0.15, 0.2) is 5.82 Å². The van der Waals surface area contributed by atoms with Crippen LogP contribution in [-0.4, -0.2) is 21.1 Å². The first-order valence-electron chi connectivity index (χ1n) is 7.53. The molecule has 7 nitrogen and oxygen atoms in total. The molecule has 0 aliphatic heterocycles. The summed E-state index contributed by atoms with van der Waals surface area (Å²) in [4.78, 5) is 14.6. The summed E-state index contributed by atoms with van der Waals surface area (Å²) in [5.41, 5.74) is 0.962. The molecule has 3 aromatic rings. The topological polar surface area (TPSA) is 83.3 Å². The van der Waals surface area contributed by atoms with Gasteiger partial charge >= 0.3 is 5.82 Å². The van der Waals surface area contributed by atoms with Crippen molar-refractivity contribution in [2.75, 3.05) is 6.61 Å². The van der Waals surface area contributed by atoms with Gasteiger partial charge in [0.05, 0.1) is 12.9 Å². The molecule has 24 heavy (non-hydrogen) atoms. The van der Waals surface area contributed by atoms with Gasteiger partial charge in [0.1, 0.15) is 24.6 Å². The van der Waals surface area contributed by atoms with E-state index in [0.717, 1.165) is 5.56 Å². The van der Waals surface area contributed by atoms with Crippen molar-refractivity contribution in [2.24, 2.45) is 0 Å². The Morgan fingerprint density at radius 1 is 1.29 bits per heavy atom. The number of hydrogen-bond acceptors (Lipinski definition) is 5. The highest BCUT2D eigenvalue weighted by Crippen LogP contribution is 2.26. The van der Waals surface area contributed by atoms with Crippen LogP contribution in [0.1, 0.15) is 23.3 Å². The molecule has 2 aromatic heterocycles. The van der Waals surface area contributed by atoms with Gasteiger partial charge in [-0.15, -0.1) is 0 Å². The zero-order chi connectivity index (χ0) is 16.9. The number of benzene rings is 1. The molecule has 124 valence electrons. The Kier molecular flexibility index (Phi) is 4.72. The molecule has 1 aromatic carbocycles. The lowest BCUT2D eigenvalue weighted by Crippen LogP contribution is -2.13. The number of rotatable bonds is 7. The Labute approximate surface area is 138 Å². The standard InChI is InChI=1S/C17H17N3O4/c1-13-18-12-16(20(21)22)19(13)9-11-24-17(15-8-5-10-23-15)14-6-3-2-4-7-14/h2-8,10,12,17H,9,11H2,1H3. The molecule has 0 saturated carbocycles. The lowest BCUT2D eigenvalue weighted by molar-refractivity contribution is -0.392. The molecule has 0 amide bonds. The van der Waals surface area contributed by atoms with E-state index >= 15 is 0 Å². The van der Waals surface area contributed by atoms with Crippen LogP contribution >= 0.6 is 0 Å². The van der Waals surface area contributed by atoms with Gasteiger partial charge in [-0.05, 0) is 22.6 Å². The third kappa shape index (κ3) is 3.36. The summed E-state index contributed by atoms with van der Waals surface area (Å²) in [5.74, 6) is 1.24. The third-order valence-corrected chi connectivity index (χ3v) is 3.72. The minimum atomic E-state index is -0.443. The predicted octanol–water partition coefficient (Wildman–Crippen LogP) is 3.50. The zero-order valence-corrected chi connectivity index (χ0v) is 13.2. The molecule has 0 aliphatic carbocycles. The summed E-state index contributed by atoms with van der Waals surface area (Å²) in [6, 6.07) is 13.4. The fraction of sp³-hybridized carbons (Fsp3) is 0.235. The van der Waals surface area contributed by atoms with Gasteiger partial charge in [-0.3, -0.25) is 0 Å². The van der Waals surface area contributed by atoms with Crippen LogP contribution < -0.4 is 0 Å². The number of aromatic nitrogens is 2. The normalized spacial score (nSPS) is 12.2. The maximum atomic E-state index is 11.0. The molecule has 1 atom stereocenters. The summed E-state index contributed by atoms with van der Waals surface area (Å²) in [6.07, 6.45) is 2.50. The third-order valence-electron chi connectivity index (χ3n) is 3.72. The van der Waals surface area contributed by atoms with Gasteiger partial charge in [0.25, 0.3) is 0 Å². The van der Waals surface area contributed by atoms with Gasteiger partial charge < -0.3 is 19.3 Å². The molecule has 0 bridgehead atoms. The van der Waals surface area contributed by atoms with Crippen molar-refractivity contribution in [1.82, 2.24) is 9.55 Å². The van der Waals surface area contributed by atoms with E-state index in [9.17, 15) is 10.1 Å². The van der Waals surface area contributed by atoms with Crippen molar-refractivity contribution in [3.05, 3.63) is 82.2 Å². The first-order valence-corrected chi connectivity index (χ1v) is 7.53. The van der Waals surface area contributed by atoms with Crippen LogP contribution in [0.15, 0.2) is 59.3 Å². The number of nitrogens with zero attached hydrogens (tertiary/aromatic N) is 3. The van der Waals surface area contributed by atoms with E-state index in [1.54, 1.807) is 19.3 Å². The molecular formula is C17H17N3O4. The average molecular weight is 327 g/mol. The maximum Gasteiger partial charge on any atom is 0.342 e. The zero-order valence-electron chi connectivity index (χ0n) is 13.2. The Hall–Kier alpha value is -2.93. The largest absolute Gasteiger partial charge is 0.466 e. The van der Waals surface area contributed by atoms with Crippen LogP contribution in [0.3, 0.4) is 0 Å². The SMILES string of the molecule is Cc1ncc([N+](=O)[O-])n1CCOC(c1ccccc1)c1ccco1. The van der Waals surface area contributed by atoms with E-state index in [1.165, 1.54) is 10.8 Å². The Bertz CT molecular complexity index is 797. The van der Waals surface area contributed by atoms with Crippen LogP contribution in [0, 0.1) is 17.0 Å². The highest BCUT2D eigenvalue weighted by atomic mass is 16.6. The van der Waals surface area contributed by atoms with Crippen LogP contribution in [0.5, 0.6) is 0 Å². The number of ether oxygens (including phenoxy) is 1. The summed E-state index contributed by atoms with van der Waals surface area (Å²) in [7, 11) is 0. The monoisotopic (exact) mass is 327 g/mol. The number of furan rings is 1. The fourth-order valence-electron chi connectivity index (χ4n) is 2.55. The first kappa shape index (κ1) is 15.9. The predicted molar refractivity (Wildman–Crippen MR) is 86.6 cm³/mol. The Morgan fingerprint density at radius 3 is 2.75 bits per heavy atom. The van der Waals surface area contributed by atoms with Crippen molar-refractivity contribution in [1.29, 1.82) is 0 Å². The minimum Gasteiger partial charge on any atom is -0.466 e. The summed E-state index contributed by atoms with van der Waals surface area (Å²) >= 11 is 0. The number of imidazole rings is 1. The number of nitro groups is 1. The highest BCUT2D eigenvalue weighted by Gasteiger charge is 2.20. The summed E-state index contributed by atoms with van der Waals surface area (Å²) in [6.45, 7) is 2.36. The molecule has 3 rings (SSSR count). The average Bonchev–Trinajstić information content (AvgIpc) is 3.23. The van der Waals surface area contributed by atoms with Gasteiger partial charge in [0, 0.05) is 6.92 Å². The Morgan fingerprint density at radius 2 is 2.08 bits per heavy atom. The van der Waals surface area contributed by atoms with E-state index in [4.69, 9.17) is 9.15 Å². The second-order valence-electron chi connectivity index (χ2n) is 5.25. The van der Waals surface area contributed by atoms with Gasteiger partial charge in [-0.2, -0.15) is 0 Å². The lowest BCUT2D eigenvalue weighted by atomic mass is 10.1. The molecule has 0 spiro atoms. The molecule has 0 N–H and O–H groups in total. The molecule has 0 aliphatic rings. The van der Waals surface area contributed by atoms with E-state index < -0.39 is 4.92 Å². The summed E-state index contributed by atoms with van der Waals surface area (Å²) < 4.78 is 13.0. The molecule has 0 fully saturated rings. The van der Waals surface area contributed by atoms with E-state index in [-0.39, 0.29) is 18.5 Å². The maximum absolute atomic E-state index is 11.0. The number of hydrogen-bond donors (Lipinski definition) is 0. The molecule has 2 heterocycles. The first-order chi connectivity index (χ1) is 11.7. The lowest BCUT2D eigenvalue weighted by Gasteiger charge is -2.16. The minimum absolute atomic E-state index is 0.0367. The smallest absolute Gasteiger partial charge is 0.342 e. The van der Waals surface area contributed by atoms with Crippen LogP contribution in [0.4, 0.5) is 5.82 Å². The number of aryl methyl sites for hydroxylation is 1. The Balaban J connectivity index is 1.74. The molecular weight excluding hydrogens is 310 g/mol. The second kappa shape index (κ2) is 7.10. The summed E-state index contributed by atoms with van der Waals surface area (Å²) in [5, 5.41) is 11.0. The van der Waals surface area contributed by atoms with Crippen LogP contribution in [-0.2, 0) is 11.3 Å². The molecule has 1 unspecified atom stereocenters. The van der Waals surface area contributed by atoms with Crippen molar-refractivity contribution in [2.45, 2.75) is 19.6 Å². The fourth-order valence-corrected chi connectivity index (χ4v) is 2.55. The van der Waals surface area contributed by atoms with E-state index in [0.29, 0.717) is 18.1 Å². The second-order valence-corrected chi connectivity index (χ2v) is 5.25. The molecule has 7 heteroatoms. The van der Waals surface area contributed by atoms with Gasteiger partial charge in [0.2, 0.25) is 0 Å². The van der Waals surface area contributed by atoms with Crippen molar-refractivity contribution in [3.8, 4) is 0 Å². The van der Waals surface area contributed by atoms with Crippen LogP contribution in [0.25, 0.3) is 0 Å². The van der Waals surface area contributed by atoms with Gasteiger partial charge in [-0.25, -0.2) is 9.55 Å². The molecule has 0 radical (unpaired) electrons. The quantitative estimate of drug-likeness (QED) is 0.490.